The molecule has 0 fully saturated rings. The number of hydrogen-bond acceptors (Lipinski definition) is 4. The molecule has 1 aromatic heterocycles. The van der Waals surface area contributed by atoms with E-state index >= 15 is 0 Å². The van der Waals surface area contributed by atoms with E-state index in [1.807, 2.05) is 19.2 Å². The maximum Gasteiger partial charge on any atom is 0.318 e. The van der Waals surface area contributed by atoms with Crippen molar-refractivity contribution >= 4 is 29.5 Å². The van der Waals surface area contributed by atoms with Gasteiger partial charge in [-0.05, 0) is 91.7 Å². The number of primary amides is 1. The summed E-state index contributed by atoms with van der Waals surface area (Å²) in [5.74, 6) is 1.63. The molecule has 0 saturated heterocycles. The lowest BCUT2D eigenvalue weighted by Gasteiger charge is -2.17. The molecule has 1 heterocycles. The van der Waals surface area contributed by atoms with E-state index in [1.54, 1.807) is 11.8 Å². The van der Waals surface area contributed by atoms with Crippen molar-refractivity contribution in [2.75, 3.05) is 16.8 Å². The number of carbonyl (C=O) groups excluding carboxylic acids is 2. The van der Waals surface area contributed by atoms with Crippen LogP contribution in [0.5, 0.6) is 0 Å². The first-order valence-electron chi connectivity index (χ1n) is 12.8. The number of rotatable bonds is 16. The van der Waals surface area contributed by atoms with Gasteiger partial charge in [-0.2, -0.15) is 11.8 Å². The van der Waals surface area contributed by atoms with Crippen LogP contribution in [-0.4, -0.2) is 34.5 Å². The van der Waals surface area contributed by atoms with Gasteiger partial charge in [0.2, 0.25) is 0 Å². The first kappa shape index (κ1) is 31.4. The first-order chi connectivity index (χ1) is 17.1. The summed E-state index contributed by atoms with van der Waals surface area (Å²) in [6.45, 7) is 12.9. The standard InChI is InChI=1S/C29H46N4O2S/c1-21(2)10-7-11-22(3)12-8-13-23(4)14-9-15-24(5)16-17-36-20-26(28(34)33-29(30)35)32-27-18-25(6)19-31-27/h10,12,14,16,18-19,26,31-32H,7-9,11,13,15,17,20H2,1-6H3,(H3,30,33,34,35). The number of imide groups is 1. The summed E-state index contributed by atoms with van der Waals surface area (Å²) in [5.41, 5.74) is 11.8. The average Bonchev–Trinajstić information content (AvgIpc) is 3.19. The van der Waals surface area contributed by atoms with Gasteiger partial charge in [0.25, 0.3) is 5.91 Å². The van der Waals surface area contributed by atoms with E-state index in [9.17, 15) is 9.59 Å². The molecule has 0 saturated carbocycles. The second-order valence-corrected chi connectivity index (χ2v) is 10.8. The largest absolute Gasteiger partial charge is 0.359 e. The Hall–Kier alpha value is -2.67. The number of hydrogen-bond donors (Lipinski definition) is 4. The third kappa shape index (κ3) is 15.4. The van der Waals surface area contributed by atoms with E-state index in [4.69, 9.17) is 5.73 Å². The number of amides is 3. The molecule has 6 nitrogen and oxygen atoms in total. The first-order valence-corrected chi connectivity index (χ1v) is 13.9. The summed E-state index contributed by atoms with van der Waals surface area (Å²) in [4.78, 5) is 26.5. The van der Waals surface area contributed by atoms with Crippen molar-refractivity contribution in [2.45, 2.75) is 86.1 Å². The lowest BCUT2D eigenvalue weighted by atomic mass is 10.0. The third-order valence-corrected chi connectivity index (χ3v) is 6.68. The lowest BCUT2D eigenvalue weighted by molar-refractivity contribution is -0.120. The minimum absolute atomic E-state index is 0.429. The monoisotopic (exact) mass is 514 g/mol. The molecule has 200 valence electrons. The van der Waals surface area contributed by atoms with E-state index < -0.39 is 18.0 Å². The topological polar surface area (TPSA) is 100 Å². The second kappa shape index (κ2) is 17.7. The molecular weight excluding hydrogens is 468 g/mol. The summed E-state index contributed by atoms with van der Waals surface area (Å²) in [6, 6.07) is 0.506. The van der Waals surface area contributed by atoms with Crippen molar-refractivity contribution in [1.29, 1.82) is 0 Å². The Balaban J connectivity index is 2.39. The zero-order valence-corrected chi connectivity index (χ0v) is 23.8. The van der Waals surface area contributed by atoms with Gasteiger partial charge in [0, 0.05) is 17.7 Å². The highest BCUT2D eigenvalue weighted by Crippen LogP contribution is 2.16. The molecule has 36 heavy (non-hydrogen) atoms. The number of aromatic amines is 1. The smallest absolute Gasteiger partial charge is 0.318 e. The molecule has 1 unspecified atom stereocenters. The number of aryl methyl sites for hydroxylation is 1. The molecule has 1 aromatic rings. The number of thioether (sulfide) groups is 1. The zero-order valence-electron chi connectivity index (χ0n) is 23.0. The number of carbonyl (C=O) groups is 2. The SMILES string of the molecule is CC(C)=CCCC(C)=CCCC(C)=CCCC(C)=CCSCC(Nc1cc(C)c[nH]1)C(=O)NC(N)=O. The van der Waals surface area contributed by atoms with E-state index in [1.165, 1.54) is 22.3 Å². The van der Waals surface area contributed by atoms with E-state index in [-0.39, 0.29) is 0 Å². The van der Waals surface area contributed by atoms with Crippen LogP contribution >= 0.6 is 11.8 Å². The molecule has 0 spiro atoms. The Morgan fingerprint density at radius 1 is 0.944 bits per heavy atom. The van der Waals surface area contributed by atoms with Gasteiger partial charge in [0.15, 0.2) is 0 Å². The summed E-state index contributed by atoms with van der Waals surface area (Å²) < 4.78 is 0. The van der Waals surface area contributed by atoms with Gasteiger partial charge in [-0.3, -0.25) is 10.1 Å². The molecule has 5 N–H and O–H groups in total. The Morgan fingerprint density at radius 3 is 2.00 bits per heavy atom. The van der Waals surface area contributed by atoms with Crippen LogP contribution in [0.25, 0.3) is 0 Å². The van der Waals surface area contributed by atoms with Gasteiger partial charge in [-0.25, -0.2) is 4.79 Å². The molecule has 0 aliphatic heterocycles. The highest BCUT2D eigenvalue weighted by atomic mass is 32.2. The molecular formula is C29H46N4O2S. The van der Waals surface area contributed by atoms with Crippen molar-refractivity contribution < 1.29 is 9.59 Å². The van der Waals surface area contributed by atoms with Crippen LogP contribution in [-0.2, 0) is 4.79 Å². The molecule has 3 amide bonds. The summed E-state index contributed by atoms with van der Waals surface area (Å²) >= 11 is 1.64. The van der Waals surface area contributed by atoms with Crippen LogP contribution in [0.2, 0.25) is 0 Å². The predicted molar refractivity (Wildman–Crippen MR) is 156 cm³/mol. The minimum atomic E-state index is -0.843. The zero-order chi connectivity index (χ0) is 26.9. The Morgan fingerprint density at radius 2 is 1.50 bits per heavy atom. The molecule has 0 aliphatic carbocycles. The quantitative estimate of drug-likeness (QED) is 0.139. The Labute approximate surface area is 222 Å². The molecule has 1 rings (SSSR count). The molecule has 7 heteroatoms. The van der Waals surface area contributed by atoms with Gasteiger partial charge in [-0.15, -0.1) is 0 Å². The van der Waals surface area contributed by atoms with Crippen LogP contribution in [0.15, 0.2) is 58.9 Å². The van der Waals surface area contributed by atoms with Gasteiger partial charge in [-0.1, -0.05) is 46.6 Å². The Kier molecular flexibility index (Phi) is 15.4. The predicted octanol–water partition coefficient (Wildman–Crippen LogP) is 7.18. The maximum atomic E-state index is 12.4. The number of anilines is 1. The van der Waals surface area contributed by atoms with E-state index in [0.29, 0.717) is 5.75 Å². The van der Waals surface area contributed by atoms with Crippen molar-refractivity contribution in [2.24, 2.45) is 5.73 Å². The fourth-order valence-corrected chi connectivity index (χ4v) is 4.55. The Bertz CT molecular complexity index is 952. The fraction of sp³-hybridized carbons (Fsp3) is 0.517. The second-order valence-electron chi connectivity index (χ2n) is 9.73. The van der Waals surface area contributed by atoms with E-state index in [0.717, 1.165) is 55.7 Å². The molecule has 0 aliphatic rings. The third-order valence-electron chi connectivity index (χ3n) is 5.71. The molecule has 1 atom stereocenters. The summed E-state index contributed by atoms with van der Waals surface area (Å²) in [6.07, 6.45) is 17.7. The maximum absolute atomic E-state index is 12.4. The number of allylic oxidation sites excluding steroid dienone is 7. The minimum Gasteiger partial charge on any atom is -0.359 e. The number of aromatic nitrogens is 1. The summed E-state index contributed by atoms with van der Waals surface area (Å²) in [5, 5.41) is 5.32. The lowest BCUT2D eigenvalue weighted by Crippen LogP contribution is -2.46. The highest BCUT2D eigenvalue weighted by molar-refractivity contribution is 7.99. The number of urea groups is 1. The average molecular weight is 515 g/mol. The van der Waals surface area contributed by atoms with Crippen molar-refractivity contribution in [1.82, 2.24) is 10.3 Å². The number of nitrogens with two attached hydrogens (primary N) is 1. The van der Waals surface area contributed by atoms with Gasteiger partial charge in [0.1, 0.15) is 11.9 Å². The number of H-pyrrole nitrogens is 1. The normalized spacial score (nSPS) is 13.3. The van der Waals surface area contributed by atoms with Gasteiger partial charge in [0.05, 0.1) is 0 Å². The van der Waals surface area contributed by atoms with Crippen molar-refractivity contribution in [3.05, 3.63) is 64.4 Å². The van der Waals surface area contributed by atoms with E-state index in [2.05, 4.69) is 74.5 Å². The number of nitrogens with one attached hydrogen (secondary N) is 3. The van der Waals surface area contributed by atoms with Crippen LogP contribution in [0, 0.1) is 6.92 Å². The van der Waals surface area contributed by atoms with Crippen LogP contribution in [0.4, 0.5) is 10.6 Å². The van der Waals surface area contributed by atoms with Gasteiger partial charge >= 0.3 is 6.03 Å². The summed E-state index contributed by atoms with van der Waals surface area (Å²) in [7, 11) is 0. The van der Waals surface area contributed by atoms with Crippen LogP contribution in [0.1, 0.15) is 78.7 Å². The van der Waals surface area contributed by atoms with Crippen molar-refractivity contribution in [3.63, 3.8) is 0 Å². The van der Waals surface area contributed by atoms with Gasteiger partial charge < -0.3 is 16.0 Å². The molecule has 0 radical (unpaired) electrons. The molecule has 0 aromatic carbocycles. The molecule has 0 bridgehead atoms. The van der Waals surface area contributed by atoms with Crippen LogP contribution in [0.3, 0.4) is 0 Å². The highest BCUT2D eigenvalue weighted by Gasteiger charge is 2.20. The fourth-order valence-electron chi connectivity index (χ4n) is 3.54. The van der Waals surface area contributed by atoms with Crippen molar-refractivity contribution in [3.8, 4) is 0 Å². The van der Waals surface area contributed by atoms with Crippen LogP contribution < -0.4 is 16.4 Å².